The maximum Gasteiger partial charge on any atom is 0.325 e. The number of amides is 4. The molecule has 1 fully saturated rings. The molecule has 1 aliphatic rings. The number of hydrogen-bond donors (Lipinski definition) is 2. The number of imide groups is 1. The summed E-state index contributed by atoms with van der Waals surface area (Å²) in [7, 11) is 0. The Morgan fingerprint density at radius 3 is 2.48 bits per heavy atom. The van der Waals surface area contributed by atoms with Crippen LogP contribution in [0.15, 0.2) is 48.5 Å². The summed E-state index contributed by atoms with van der Waals surface area (Å²) in [6.07, 6.45) is 0. The second-order valence-corrected chi connectivity index (χ2v) is 8.76. The van der Waals surface area contributed by atoms with Crippen LogP contribution in [0.3, 0.4) is 0 Å². The highest BCUT2D eigenvalue weighted by molar-refractivity contribution is 6.35. The molecule has 1 atom stereocenters. The van der Waals surface area contributed by atoms with Gasteiger partial charge in [0.2, 0.25) is 5.91 Å². The number of halogens is 2. The van der Waals surface area contributed by atoms with Crippen LogP contribution in [0.1, 0.15) is 23.9 Å². The van der Waals surface area contributed by atoms with E-state index in [-0.39, 0.29) is 5.02 Å². The Kier molecular flexibility index (Phi) is 5.90. The van der Waals surface area contributed by atoms with Gasteiger partial charge in [-0.1, -0.05) is 47.5 Å². The van der Waals surface area contributed by atoms with Crippen molar-refractivity contribution >= 4 is 46.7 Å². The molecule has 10 heteroatoms. The van der Waals surface area contributed by atoms with E-state index in [1.165, 1.54) is 6.07 Å². The molecule has 170 valence electrons. The number of hydrogen-bond acceptors (Lipinski definition) is 4. The minimum Gasteiger partial charge on any atom is -0.321 e. The van der Waals surface area contributed by atoms with Crippen LogP contribution in [0.5, 0.6) is 0 Å². The minimum absolute atomic E-state index is 0.240. The molecule has 2 aromatic carbocycles. The lowest BCUT2D eigenvalue weighted by Gasteiger charge is -2.23. The van der Waals surface area contributed by atoms with E-state index in [4.69, 9.17) is 23.2 Å². The Bertz CT molecular complexity index is 1270. The van der Waals surface area contributed by atoms with Crippen LogP contribution in [-0.4, -0.2) is 39.1 Å². The first kappa shape index (κ1) is 22.8. The van der Waals surface area contributed by atoms with Gasteiger partial charge in [-0.25, -0.2) is 9.48 Å². The Labute approximate surface area is 200 Å². The second-order valence-electron chi connectivity index (χ2n) is 7.91. The van der Waals surface area contributed by atoms with Crippen molar-refractivity contribution in [2.24, 2.45) is 0 Å². The molecule has 0 aliphatic carbocycles. The van der Waals surface area contributed by atoms with Gasteiger partial charge in [0.05, 0.1) is 22.8 Å². The monoisotopic (exact) mass is 485 g/mol. The second kappa shape index (κ2) is 8.53. The topological polar surface area (TPSA) is 96.3 Å². The molecule has 4 rings (SSSR count). The highest BCUT2D eigenvalue weighted by Crippen LogP contribution is 2.35. The molecule has 1 aromatic heterocycles. The molecule has 2 heterocycles. The molecule has 1 unspecified atom stereocenters. The molecule has 0 spiro atoms. The Morgan fingerprint density at radius 2 is 1.82 bits per heavy atom. The molecular formula is C23H21Cl2N5O3. The van der Waals surface area contributed by atoms with E-state index in [2.05, 4.69) is 15.7 Å². The van der Waals surface area contributed by atoms with Gasteiger partial charge < -0.3 is 10.6 Å². The number of rotatable bonds is 5. The summed E-state index contributed by atoms with van der Waals surface area (Å²) in [6, 6.07) is 13.5. The third-order valence-electron chi connectivity index (χ3n) is 5.60. The summed E-state index contributed by atoms with van der Waals surface area (Å²) in [5.41, 5.74) is 1.69. The average Bonchev–Trinajstić information content (AvgIpc) is 3.16. The van der Waals surface area contributed by atoms with Crippen molar-refractivity contribution in [1.29, 1.82) is 0 Å². The van der Waals surface area contributed by atoms with Gasteiger partial charge in [-0.15, -0.1) is 0 Å². The molecule has 0 bridgehead atoms. The smallest absolute Gasteiger partial charge is 0.321 e. The fraction of sp³-hybridized carbons (Fsp3) is 0.217. The number of aromatic nitrogens is 2. The summed E-state index contributed by atoms with van der Waals surface area (Å²) >= 11 is 12.2. The van der Waals surface area contributed by atoms with Gasteiger partial charge in [0.15, 0.2) is 0 Å². The Morgan fingerprint density at radius 1 is 1.12 bits per heavy atom. The normalized spacial score (nSPS) is 17.9. The number of aryl methyl sites for hydroxylation is 1. The number of urea groups is 1. The summed E-state index contributed by atoms with van der Waals surface area (Å²) < 4.78 is 1.72. The van der Waals surface area contributed by atoms with E-state index in [0.29, 0.717) is 22.0 Å². The highest BCUT2D eigenvalue weighted by Gasteiger charge is 2.50. The predicted molar refractivity (Wildman–Crippen MR) is 126 cm³/mol. The van der Waals surface area contributed by atoms with Gasteiger partial charge >= 0.3 is 6.03 Å². The van der Waals surface area contributed by atoms with Gasteiger partial charge in [0, 0.05) is 15.6 Å². The summed E-state index contributed by atoms with van der Waals surface area (Å²) in [4.78, 5) is 39.4. The molecule has 1 aliphatic heterocycles. The van der Waals surface area contributed by atoms with Crippen LogP contribution in [-0.2, 0) is 15.1 Å². The van der Waals surface area contributed by atoms with Crippen molar-refractivity contribution < 1.29 is 14.4 Å². The van der Waals surface area contributed by atoms with Crippen LogP contribution < -0.4 is 10.6 Å². The van der Waals surface area contributed by atoms with E-state index < -0.39 is 29.9 Å². The van der Waals surface area contributed by atoms with Crippen LogP contribution in [0, 0.1) is 13.8 Å². The number of carbonyl (C=O) groups is 3. The molecular weight excluding hydrogens is 465 g/mol. The maximum absolute atomic E-state index is 13.1. The number of benzene rings is 2. The van der Waals surface area contributed by atoms with Gasteiger partial charge in [0.25, 0.3) is 5.91 Å². The quantitative estimate of drug-likeness (QED) is 0.529. The number of para-hydroxylation sites is 1. The summed E-state index contributed by atoms with van der Waals surface area (Å²) in [5.74, 6) is -1.11. The van der Waals surface area contributed by atoms with Crippen molar-refractivity contribution in [3.63, 3.8) is 0 Å². The SMILES string of the molecule is Cc1nn(-c2ccccc2)c(C)c1NC(=O)CN1C(=O)NC(C)(c2ccc(Cl)cc2Cl)C1=O. The number of nitrogens with zero attached hydrogens (tertiary/aromatic N) is 3. The molecule has 0 saturated carbocycles. The lowest BCUT2D eigenvalue weighted by Crippen LogP contribution is -2.42. The maximum atomic E-state index is 13.1. The van der Waals surface area contributed by atoms with Gasteiger partial charge in [-0.05, 0) is 45.0 Å². The molecule has 0 radical (unpaired) electrons. The first-order valence-electron chi connectivity index (χ1n) is 10.1. The van der Waals surface area contributed by atoms with E-state index in [1.807, 2.05) is 37.3 Å². The average molecular weight is 486 g/mol. The molecule has 33 heavy (non-hydrogen) atoms. The van der Waals surface area contributed by atoms with E-state index in [0.717, 1.165) is 16.3 Å². The fourth-order valence-electron chi connectivity index (χ4n) is 3.88. The van der Waals surface area contributed by atoms with Gasteiger partial charge in [0.1, 0.15) is 12.1 Å². The third-order valence-corrected chi connectivity index (χ3v) is 6.15. The zero-order valence-corrected chi connectivity index (χ0v) is 19.7. The number of anilines is 1. The van der Waals surface area contributed by atoms with Crippen molar-refractivity contribution in [2.45, 2.75) is 26.3 Å². The summed E-state index contributed by atoms with van der Waals surface area (Å²) in [5, 5.41) is 10.6. The minimum atomic E-state index is -1.41. The molecule has 2 N–H and O–H groups in total. The molecule has 3 aromatic rings. The summed E-state index contributed by atoms with van der Waals surface area (Å²) in [6.45, 7) is 4.69. The first-order valence-corrected chi connectivity index (χ1v) is 10.9. The number of nitrogens with one attached hydrogen (secondary N) is 2. The van der Waals surface area contributed by atoms with Gasteiger partial charge in [-0.2, -0.15) is 5.10 Å². The first-order chi connectivity index (χ1) is 15.6. The van der Waals surface area contributed by atoms with E-state index >= 15 is 0 Å². The predicted octanol–water partition coefficient (Wildman–Crippen LogP) is 4.20. The van der Waals surface area contributed by atoms with Gasteiger partial charge in [-0.3, -0.25) is 14.5 Å². The van der Waals surface area contributed by atoms with Crippen LogP contribution in [0.25, 0.3) is 5.69 Å². The van der Waals surface area contributed by atoms with Crippen molar-refractivity contribution in [1.82, 2.24) is 20.0 Å². The van der Waals surface area contributed by atoms with Crippen LogP contribution in [0.2, 0.25) is 10.0 Å². The zero-order valence-electron chi connectivity index (χ0n) is 18.1. The molecule has 1 saturated heterocycles. The Hall–Kier alpha value is -3.36. The zero-order chi connectivity index (χ0) is 23.9. The fourth-order valence-corrected chi connectivity index (χ4v) is 4.48. The standard InChI is InChI=1S/C23H21Cl2N5O3/c1-13-20(14(2)30(28-13)16-7-5-4-6-8-16)26-19(31)12-29-21(32)23(3,27-22(29)33)17-10-9-15(24)11-18(17)25/h4-11H,12H2,1-3H3,(H,26,31)(H,27,33). The van der Waals surface area contributed by atoms with E-state index in [1.54, 1.807) is 30.7 Å². The molecule has 8 nitrogen and oxygen atoms in total. The third kappa shape index (κ3) is 4.07. The molecule has 4 amide bonds. The van der Waals surface area contributed by atoms with Crippen molar-refractivity contribution in [3.05, 3.63) is 75.5 Å². The lowest BCUT2D eigenvalue weighted by molar-refractivity contribution is -0.133. The van der Waals surface area contributed by atoms with Crippen LogP contribution in [0.4, 0.5) is 10.5 Å². The highest BCUT2D eigenvalue weighted by atomic mass is 35.5. The Balaban J connectivity index is 1.53. The van der Waals surface area contributed by atoms with E-state index in [9.17, 15) is 14.4 Å². The van der Waals surface area contributed by atoms with Crippen molar-refractivity contribution in [3.8, 4) is 5.69 Å². The largest absolute Gasteiger partial charge is 0.325 e. The van der Waals surface area contributed by atoms with Crippen molar-refractivity contribution in [2.75, 3.05) is 11.9 Å². The lowest BCUT2D eigenvalue weighted by atomic mass is 9.92. The van der Waals surface area contributed by atoms with Crippen LogP contribution >= 0.6 is 23.2 Å². The number of carbonyl (C=O) groups excluding carboxylic acids is 3.